The second-order valence-corrected chi connectivity index (χ2v) is 4.23. The Kier molecular flexibility index (Phi) is 3.81. The van der Waals surface area contributed by atoms with Crippen molar-refractivity contribution in [2.75, 3.05) is 14.2 Å². The monoisotopic (exact) mass is 282 g/mol. The van der Waals surface area contributed by atoms with Crippen molar-refractivity contribution in [3.05, 3.63) is 41.2 Å². The van der Waals surface area contributed by atoms with Crippen LogP contribution in [0.4, 0.5) is 4.39 Å². The Morgan fingerprint density at radius 1 is 1.11 bits per heavy atom. The van der Waals surface area contributed by atoms with Gasteiger partial charge in [0.25, 0.3) is 0 Å². The zero-order valence-corrected chi connectivity index (χ0v) is 11.2. The maximum atomic E-state index is 13.3. The zero-order valence-electron chi connectivity index (χ0n) is 10.4. The highest BCUT2D eigenvalue weighted by Gasteiger charge is 2.17. The molecule has 5 heteroatoms. The second kappa shape index (κ2) is 5.36. The van der Waals surface area contributed by atoms with Gasteiger partial charge in [-0.05, 0) is 18.2 Å². The van der Waals surface area contributed by atoms with Crippen molar-refractivity contribution >= 4 is 11.6 Å². The van der Waals surface area contributed by atoms with Crippen molar-refractivity contribution in [1.82, 2.24) is 0 Å². The van der Waals surface area contributed by atoms with Crippen molar-refractivity contribution in [3.63, 3.8) is 0 Å². The Balaban J connectivity index is 2.74. The summed E-state index contributed by atoms with van der Waals surface area (Å²) in [5.41, 5.74) is 0.868. The third-order valence-corrected chi connectivity index (χ3v) is 3.03. The number of ether oxygens (including phenoxy) is 2. The quantitative estimate of drug-likeness (QED) is 0.929. The molecule has 0 aliphatic carbocycles. The van der Waals surface area contributed by atoms with E-state index in [0.717, 1.165) is 6.07 Å². The molecule has 0 radical (unpaired) electrons. The van der Waals surface area contributed by atoms with Crippen LogP contribution in [0.2, 0.25) is 5.02 Å². The van der Waals surface area contributed by atoms with Gasteiger partial charge in [-0.15, -0.1) is 0 Å². The lowest BCUT2D eigenvalue weighted by Crippen LogP contribution is -1.94. The van der Waals surface area contributed by atoms with Crippen molar-refractivity contribution in [2.24, 2.45) is 0 Å². The summed E-state index contributed by atoms with van der Waals surface area (Å²) in [6.45, 7) is 0. The van der Waals surface area contributed by atoms with Crippen LogP contribution in [0.1, 0.15) is 0 Å². The number of hydrogen-bond donors (Lipinski definition) is 1. The van der Waals surface area contributed by atoms with E-state index < -0.39 is 5.82 Å². The van der Waals surface area contributed by atoms with Gasteiger partial charge in [0.1, 0.15) is 23.1 Å². The van der Waals surface area contributed by atoms with Gasteiger partial charge in [0.05, 0.1) is 24.8 Å². The molecule has 0 unspecified atom stereocenters. The second-order valence-electron chi connectivity index (χ2n) is 3.82. The number of phenolic OH excluding ortho intramolecular Hbond substituents is 1. The number of phenols is 1. The molecule has 0 aromatic heterocycles. The summed E-state index contributed by atoms with van der Waals surface area (Å²) in [7, 11) is 3.00. The third-order valence-electron chi connectivity index (χ3n) is 2.74. The molecule has 0 atom stereocenters. The standard InChI is InChI=1S/C14H12ClFO3/c1-18-12-4-3-5-13(19-2)14(12)8-6-9(15)10(16)7-11(8)17/h3-7,17H,1-2H3. The summed E-state index contributed by atoms with van der Waals surface area (Å²) in [4.78, 5) is 0. The fraction of sp³-hybridized carbons (Fsp3) is 0.143. The number of halogens is 2. The van der Waals surface area contributed by atoms with Crippen LogP contribution in [-0.4, -0.2) is 19.3 Å². The summed E-state index contributed by atoms with van der Waals surface area (Å²) in [5.74, 6) is 0.0798. The minimum atomic E-state index is -0.684. The lowest BCUT2D eigenvalue weighted by molar-refractivity contribution is 0.396. The van der Waals surface area contributed by atoms with Crippen LogP contribution in [0.15, 0.2) is 30.3 Å². The summed E-state index contributed by atoms with van der Waals surface area (Å²) >= 11 is 5.76. The highest BCUT2D eigenvalue weighted by atomic mass is 35.5. The maximum Gasteiger partial charge on any atom is 0.145 e. The molecule has 2 aromatic rings. The van der Waals surface area contributed by atoms with Gasteiger partial charge in [-0.3, -0.25) is 0 Å². The molecule has 1 N–H and O–H groups in total. The molecule has 0 bridgehead atoms. The highest BCUT2D eigenvalue weighted by molar-refractivity contribution is 6.31. The fourth-order valence-corrected chi connectivity index (χ4v) is 2.02. The summed E-state index contributed by atoms with van der Waals surface area (Å²) in [5, 5.41) is 9.82. The molecular weight excluding hydrogens is 271 g/mol. The summed E-state index contributed by atoms with van der Waals surface area (Å²) < 4.78 is 23.8. The molecule has 0 amide bonds. The number of benzene rings is 2. The highest BCUT2D eigenvalue weighted by Crippen LogP contribution is 2.43. The van der Waals surface area contributed by atoms with Crippen LogP contribution < -0.4 is 9.47 Å². The van der Waals surface area contributed by atoms with Crippen LogP contribution in [0.3, 0.4) is 0 Å². The van der Waals surface area contributed by atoms with Crippen molar-refractivity contribution in [2.45, 2.75) is 0 Å². The zero-order chi connectivity index (χ0) is 14.0. The summed E-state index contributed by atoms with van der Waals surface area (Å²) in [6.07, 6.45) is 0. The number of methoxy groups -OCH3 is 2. The first kappa shape index (κ1) is 13.5. The Bertz CT molecular complexity index is 592. The average Bonchev–Trinajstić information content (AvgIpc) is 2.42. The minimum Gasteiger partial charge on any atom is -0.507 e. The molecule has 2 rings (SSSR count). The average molecular weight is 283 g/mol. The van der Waals surface area contributed by atoms with E-state index in [1.165, 1.54) is 20.3 Å². The van der Waals surface area contributed by atoms with Gasteiger partial charge in [-0.1, -0.05) is 17.7 Å². The first-order valence-electron chi connectivity index (χ1n) is 5.48. The third kappa shape index (κ3) is 2.44. The number of aromatic hydroxyl groups is 1. The van der Waals surface area contributed by atoms with Crippen LogP contribution in [-0.2, 0) is 0 Å². The molecule has 0 heterocycles. The molecule has 100 valence electrons. The Morgan fingerprint density at radius 3 is 2.21 bits per heavy atom. The molecule has 2 aromatic carbocycles. The largest absolute Gasteiger partial charge is 0.507 e. The molecule has 19 heavy (non-hydrogen) atoms. The van der Waals surface area contributed by atoms with E-state index in [-0.39, 0.29) is 10.8 Å². The topological polar surface area (TPSA) is 38.7 Å². The van der Waals surface area contributed by atoms with Gasteiger partial charge in [-0.25, -0.2) is 4.39 Å². The predicted octanol–water partition coefficient (Wildman–Crippen LogP) is 3.87. The molecule has 0 aliphatic heterocycles. The fourth-order valence-electron chi connectivity index (χ4n) is 1.85. The molecule has 0 saturated heterocycles. The minimum absolute atomic E-state index is 0.0826. The molecular formula is C14H12ClFO3. The lowest BCUT2D eigenvalue weighted by atomic mass is 10.0. The Morgan fingerprint density at radius 2 is 1.68 bits per heavy atom. The van der Waals surface area contributed by atoms with Crippen molar-refractivity contribution < 1.29 is 19.0 Å². The van der Waals surface area contributed by atoms with Gasteiger partial charge in [0, 0.05) is 11.6 Å². The van der Waals surface area contributed by atoms with Gasteiger partial charge in [0.2, 0.25) is 0 Å². The van der Waals surface area contributed by atoms with E-state index in [9.17, 15) is 9.50 Å². The molecule has 3 nitrogen and oxygen atoms in total. The van der Waals surface area contributed by atoms with Crippen molar-refractivity contribution in [1.29, 1.82) is 0 Å². The van der Waals surface area contributed by atoms with Gasteiger partial charge in [-0.2, -0.15) is 0 Å². The van der Waals surface area contributed by atoms with Gasteiger partial charge < -0.3 is 14.6 Å². The number of rotatable bonds is 3. The first-order chi connectivity index (χ1) is 9.08. The van der Waals surface area contributed by atoms with Gasteiger partial charge in [0.15, 0.2) is 0 Å². The van der Waals surface area contributed by atoms with E-state index in [4.69, 9.17) is 21.1 Å². The van der Waals surface area contributed by atoms with Crippen LogP contribution >= 0.6 is 11.6 Å². The molecule has 0 saturated carbocycles. The van der Waals surface area contributed by atoms with E-state index in [1.807, 2.05) is 0 Å². The van der Waals surface area contributed by atoms with Crippen LogP contribution in [0, 0.1) is 5.82 Å². The van der Waals surface area contributed by atoms with E-state index in [1.54, 1.807) is 18.2 Å². The molecule has 0 spiro atoms. The smallest absolute Gasteiger partial charge is 0.145 e. The number of hydrogen-bond acceptors (Lipinski definition) is 3. The van der Waals surface area contributed by atoms with E-state index >= 15 is 0 Å². The van der Waals surface area contributed by atoms with E-state index in [2.05, 4.69) is 0 Å². The lowest BCUT2D eigenvalue weighted by Gasteiger charge is -2.14. The molecule has 0 aliphatic rings. The van der Waals surface area contributed by atoms with Gasteiger partial charge >= 0.3 is 0 Å². The Hall–Kier alpha value is -1.94. The SMILES string of the molecule is COc1cccc(OC)c1-c1cc(Cl)c(F)cc1O. The Labute approximate surface area is 115 Å². The van der Waals surface area contributed by atoms with Crippen LogP contribution in [0.5, 0.6) is 17.2 Å². The predicted molar refractivity (Wildman–Crippen MR) is 71.6 cm³/mol. The molecule has 0 fully saturated rings. The maximum absolute atomic E-state index is 13.3. The van der Waals surface area contributed by atoms with Crippen molar-refractivity contribution in [3.8, 4) is 28.4 Å². The first-order valence-corrected chi connectivity index (χ1v) is 5.85. The normalized spacial score (nSPS) is 10.3. The van der Waals surface area contributed by atoms with E-state index in [0.29, 0.717) is 22.6 Å². The van der Waals surface area contributed by atoms with Crippen LogP contribution in [0.25, 0.3) is 11.1 Å². The summed E-state index contributed by atoms with van der Waals surface area (Å²) in [6, 6.07) is 7.49.